The molecule has 0 fully saturated rings. The van der Waals surface area contributed by atoms with Gasteiger partial charge in [0.05, 0.1) is 11.3 Å². The fourth-order valence-corrected chi connectivity index (χ4v) is 4.33. The topological polar surface area (TPSA) is 67.4 Å². The standard InChI is InChI=1S/C29H32N2O3/c1-2-27(34-24-17-16-22-12-6-7-13-23(22)20-24)29(33)31-26-15-9-8-14-25(26)28(32)30-19-18-21-10-4-3-5-11-21/h3-5,8-11,14-17,20,27H,2,6-7,12-13,18-19H2,1H3,(H,30,32)(H,31,33)/t27-/m1/s1. The number of para-hydroxylation sites is 1. The number of fused-ring (bicyclic) bond motifs is 1. The molecule has 34 heavy (non-hydrogen) atoms. The minimum Gasteiger partial charge on any atom is -0.481 e. The molecule has 5 nitrogen and oxygen atoms in total. The molecule has 0 bridgehead atoms. The van der Waals surface area contributed by atoms with Gasteiger partial charge in [-0.15, -0.1) is 0 Å². The fraction of sp³-hybridized carbons (Fsp3) is 0.310. The van der Waals surface area contributed by atoms with Crippen molar-refractivity contribution in [1.29, 1.82) is 0 Å². The van der Waals surface area contributed by atoms with Crippen molar-refractivity contribution in [3.8, 4) is 5.75 Å². The maximum absolute atomic E-state index is 13.0. The quantitative estimate of drug-likeness (QED) is 0.457. The highest BCUT2D eigenvalue weighted by Crippen LogP contribution is 2.26. The van der Waals surface area contributed by atoms with Gasteiger partial charge in [0.15, 0.2) is 6.10 Å². The third-order valence-electron chi connectivity index (χ3n) is 6.23. The Morgan fingerprint density at radius 3 is 2.44 bits per heavy atom. The first-order valence-corrected chi connectivity index (χ1v) is 12.1. The van der Waals surface area contributed by atoms with Crippen molar-refractivity contribution >= 4 is 17.5 Å². The molecule has 1 aliphatic carbocycles. The Morgan fingerprint density at radius 2 is 1.65 bits per heavy atom. The van der Waals surface area contributed by atoms with Gasteiger partial charge in [-0.25, -0.2) is 0 Å². The Bertz CT molecular complexity index is 1130. The Kier molecular flexibility index (Phi) is 7.97. The predicted molar refractivity (Wildman–Crippen MR) is 135 cm³/mol. The molecule has 0 aromatic heterocycles. The number of carbonyl (C=O) groups excluding carboxylic acids is 2. The lowest BCUT2D eigenvalue weighted by Crippen LogP contribution is -2.33. The van der Waals surface area contributed by atoms with E-state index in [1.807, 2.05) is 49.4 Å². The molecule has 0 aliphatic heterocycles. The van der Waals surface area contributed by atoms with E-state index in [0.29, 0.717) is 24.2 Å². The zero-order valence-corrected chi connectivity index (χ0v) is 19.7. The van der Waals surface area contributed by atoms with E-state index in [0.717, 1.165) is 30.6 Å². The normalized spacial score (nSPS) is 13.4. The first kappa shape index (κ1) is 23.6. The number of benzene rings is 3. The number of amides is 2. The first-order chi connectivity index (χ1) is 16.6. The van der Waals surface area contributed by atoms with E-state index < -0.39 is 6.10 Å². The molecule has 0 unspecified atom stereocenters. The van der Waals surface area contributed by atoms with Crippen LogP contribution in [-0.2, 0) is 24.1 Å². The van der Waals surface area contributed by atoms with Gasteiger partial charge in [0.25, 0.3) is 11.8 Å². The van der Waals surface area contributed by atoms with Gasteiger partial charge in [-0.05, 0) is 79.5 Å². The molecule has 1 aliphatic rings. The summed E-state index contributed by atoms with van der Waals surface area (Å²) in [4.78, 5) is 25.9. The lowest BCUT2D eigenvalue weighted by atomic mass is 9.92. The summed E-state index contributed by atoms with van der Waals surface area (Å²) >= 11 is 0. The molecule has 0 heterocycles. The van der Waals surface area contributed by atoms with Crippen LogP contribution in [0.4, 0.5) is 5.69 Å². The fourth-order valence-electron chi connectivity index (χ4n) is 4.33. The van der Waals surface area contributed by atoms with Gasteiger partial charge in [-0.3, -0.25) is 9.59 Å². The lowest BCUT2D eigenvalue weighted by molar-refractivity contribution is -0.122. The van der Waals surface area contributed by atoms with Crippen molar-refractivity contribution in [2.75, 3.05) is 11.9 Å². The van der Waals surface area contributed by atoms with Crippen LogP contribution in [0.1, 0.15) is 53.2 Å². The number of aryl methyl sites for hydroxylation is 2. The molecule has 2 amide bonds. The summed E-state index contributed by atoms with van der Waals surface area (Å²) in [6.45, 7) is 2.44. The van der Waals surface area contributed by atoms with Crippen LogP contribution in [0.2, 0.25) is 0 Å². The van der Waals surface area contributed by atoms with Crippen LogP contribution in [-0.4, -0.2) is 24.5 Å². The number of hydrogen-bond donors (Lipinski definition) is 2. The summed E-state index contributed by atoms with van der Waals surface area (Å²) in [5.74, 6) is 0.245. The number of anilines is 1. The maximum Gasteiger partial charge on any atom is 0.265 e. The predicted octanol–water partition coefficient (Wildman–Crippen LogP) is 5.33. The summed E-state index contributed by atoms with van der Waals surface area (Å²) in [6, 6.07) is 23.2. The van der Waals surface area contributed by atoms with Crippen LogP contribution < -0.4 is 15.4 Å². The molecule has 2 N–H and O–H groups in total. The zero-order chi connectivity index (χ0) is 23.8. The van der Waals surface area contributed by atoms with Crippen molar-refractivity contribution in [3.63, 3.8) is 0 Å². The average Bonchev–Trinajstić information content (AvgIpc) is 2.88. The molecule has 0 spiro atoms. The van der Waals surface area contributed by atoms with Gasteiger partial charge in [0.1, 0.15) is 5.75 Å². The third-order valence-corrected chi connectivity index (χ3v) is 6.23. The number of ether oxygens (including phenoxy) is 1. The Labute approximate surface area is 201 Å². The third kappa shape index (κ3) is 6.04. The van der Waals surface area contributed by atoms with E-state index in [4.69, 9.17) is 4.74 Å². The number of carbonyl (C=O) groups is 2. The van der Waals surface area contributed by atoms with Crippen molar-refractivity contribution < 1.29 is 14.3 Å². The van der Waals surface area contributed by atoms with Crippen LogP contribution in [0, 0.1) is 0 Å². The van der Waals surface area contributed by atoms with E-state index in [2.05, 4.69) is 22.8 Å². The molecule has 3 aromatic rings. The molecule has 5 heteroatoms. The SMILES string of the molecule is CC[C@@H](Oc1ccc2c(c1)CCCC2)C(=O)Nc1ccccc1C(=O)NCCc1ccccc1. The average molecular weight is 457 g/mol. The summed E-state index contributed by atoms with van der Waals surface area (Å²) in [7, 11) is 0. The van der Waals surface area contributed by atoms with Gasteiger partial charge in [-0.2, -0.15) is 0 Å². The van der Waals surface area contributed by atoms with Gasteiger partial charge < -0.3 is 15.4 Å². The van der Waals surface area contributed by atoms with Crippen molar-refractivity contribution in [2.24, 2.45) is 0 Å². The molecular formula is C29H32N2O3. The summed E-state index contributed by atoms with van der Waals surface area (Å²) in [5.41, 5.74) is 4.78. The highest BCUT2D eigenvalue weighted by atomic mass is 16.5. The van der Waals surface area contributed by atoms with Crippen LogP contribution >= 0.6 is 0 Å². The Hall–Kier alpha value is -3.60. The van der Waals surface area contributed by atoms with Crippen LogP contribution in [0.3, 0.4) is 0 Å². The van der Waals surface area contributed by atoms with Gasteiger partial charge >= 0.3 is 0 Å². The van der Waals surface area contributed by atoms with Crippen molar-refractivity contribution in [3.05, 3.63) is 95.1 Å². The smallest absolute Gasteiger partial charge is 0.265 e. The zero-order valence-electron chi connectivity index (χ0n) is 19.7. The lowest BCUT2D eigenvalue weighted by Gasteiger charge is -2.21. The monoisotopic (exact) mass is 456 g/mol. The van der Waals surface area contributed by atoms with E-state index in [1.165, 1.54) is 24.0 Å². The molecule has 0 saturated carbocycles. The molecule has 176 valence electrons. The van der Waals surface area contributed by atoms with E-state index in [1.54, 1.807) is 18.2 Å². The maximum atomic E-state index is 13.0. The van der Waals surface area contributed by atoms with Crippen LogP contribution in [0.5, 0.6) is 5.75 Å². The van der Waals surface area contributed by atoms with Gasteiger partial charge in [0.2, 0.25) is 0 Å². The summed E-state index contributed by atoms with van der Waals surface area (Å²) < 4.78 is 6.07. The molecule has 3 aromatic carbocycles. The molecular weight excluding hydrogens is 424 g/mol. The minimum atomic E-state index is -0.643. The molecule has 4 rings (SSSR count). The first-order valence-electron chi connectivity index (χ1n) is 12.1. The van der Waals surface area contributed by atoms with E-state index in [-0.39, 0.29) is 11.8 Å². The Balaban J connectivity index is 1.38. The van der Waals surface area contributed by atoms with Crippen molar-refractivity contribution in [2.45, 2.75) is 51.6 Å². The van der Waals surface area contributed by atoms with E-state index >= 15 is 0 Å². The summed E-state index contributed by atoms with van der Waals surface area (Å²) in [5, 5.41) is 5.86. The van der Waals surface area contributed by atoms with Crippen LogP contribution in [0.15, 0.2) is 72.8 Å². The number of nitrogens with one attached hydrogen (secondary N) is 2. The van der Waals surface area contributed by atoms with Crippen LogP contribution in [0.25, 0.3) is 0 Å². The largest absolute Gasteiger partial charge is 0.481 e. The Morgan fingerprint density at radius 1 is 0.912 bits per heavy atom. The second-order valence-corrected chi connectivity index (χ2v) is 8.68. The molecule has 0 radical (unpaired) electrons. The van der Waals surface area contributed by atoms with Gasteiger partial charge in [0, 0.05) is 6.54 Å². The minimum absolute atomic E-state index is 0.213. The highest BCUT2D eigenvalue weighted by molar-refractivity contribution is 6.04. The molecule has 0 saturated heterocycles. The molecule has 1 atom stereocenters. The number of hydrogen-bond acceptors (Lipinski definition) is 3. The second kappa shape index (κ2) is 11.5. The second-order valence-electron chi connectivity index (χ2n) is 8.68. The highest BCUT2D eigenvalue weighted by Gasteiger charge is 2.21. The van der Waals surface area contributed by atoms with E-state index in [9.17, 15) is 9.59 Å². The number of rotatable bonds is 9. The van der Waals surface area contributed by atoms with Crippen molar-refractivity contribution in [1.82, 2.24) is 5.32 Å². The van der Waals surface area contributed by atoms with Gasteiger partial charge in [-0.1, -0.05) is 55.5 Å². The summed E-state index contributed by atoms with van der Waals surface area (Å²) in [6.07, 6.45) is 5.21.